The van der Waals surface area contributed by atoms with Crippen molar-refractivity contribution in [1.29, 1.82) is 0 Å². The summed E-state index contributed by atoms with van der Waals surface area (Å²) in [6.45, 7) is 9.11. The molecule has 0 atom stereocenters. The number of hydrogen-bond donors (Lipinski definition) is 0. The first-order valence-corrected chi connectivity index (χ1v) is 12.8. The predicted octanol–water partition coefficient (Wildman–Crippen LogP) is 6.07. The Morgan fingerprint density at radius 2 is 1.51 bits per heavy atom. The van der Waals surface area contributed by atoms with Gasteiger partial charge in [-0.15, -0.1) is 0 Å². The molecule has 0 unspecified atom stereocenters. The number of hydrogen-bond acceptors (Lipinski definition) is 9. The smallest absolute Gasteiger partial charge is 0.337 e. The summed E-state index contributed by atoms with van der Waals surface area (Å²) in [5.74, 6) is 0.156. The minimum atomic E-state index is -0.410. The number of nitrogens with zero attached hydrogens (tertiary/aromatic N) is 2. The molecule has 0 aliphatic rings. The zero-order chi connectivity index (χ0) is 28.9. The Kier molecular flexibility index (Phi) is 17.2. The molecule has 0 N–H and O–H groups in total. The van der Waals surface area contributed by atoms with Crippen LogP contribution in [0.4, 0.5) is 0 Å². The lowest BCUT2D eigenvalue weighted by Gasteiger charge is -1.99. The second kappa shape index (κ2) is 20.2. The highest BCUT2D eigenvalue weighted by atomic mass is 16.6. The number of unbranched alkanes of at least 4 members (excludes halogenated alkanes) is 3. The van der Waals surface area contributed by atoms with Crippen LogP contribution >= 0.6 is 0 Å². The Hall–Kier alpha value is -3.82. The molecule has 0 aliphatic heterocycles. The zero-order valence-corrected chi connectivity index (χ0v) is 23.6. The lowest BCUT2D eigenvalue weighted by Crippen LogP contribution is -2.06. The third kappa shape index (κ3) is 13.5. The molecule has 3 aromatic rings. The van der Waals surface area contributed by atoms with Gasteiger partial charge in [-0.3, -0.25) is 0 Å². The van der Waals surface area contributed by atoms with E-state index in [2.05, 4.69) is 37.9 Å². The number of benzene rings is 2. The Labute approximate surface area is 231 Å². The van der Waals surface area contributed by atoms with Crippen LogP contribution in [0.5, 0.6) is 0 Å². The molecule has 0 bridgehead atoms. The molecule has 1 heterocycles. The molecule has 3 rings (SSSR count). The SMILES string of the molecule is C=CC(=O)OCCOC.CCCCCCOC.COC(=O)c1ccc(-c2nc(-c3ccc(C)cc3)no2)cc1. The molecule has 0 saturated heterocycles. The van der Waals surface area contributed by atoms with Crippen LogP contribution in [0.2, 0.25) is 0 Å². The summed E-state index contributed by atoms with van der Waals surface area (Å²) in [4.78, 5) is 26.1. The normalized spacial score (nSPS) is 9.87. The van der Waals surface area contributed by atoms with Gasteiger partial charge in [0.2, 0.25) is 5.82 Å². The van der Waals surface area contributed by atoms with Crippen LogP contribution in [-0.4, -0.2) is 63.2 Å². The summed E-state index contributed by atoms with van der Waals surface area (Å²) >= 11 is 0. The molecule has 0 aliphatic carbocycles. The molecular weight excluding hydrogens is 500 g/mol. The van der Waals surface area contributed by atoms with Crippen molar-refractivity contribution in [3.63, 3.8) is 0 Å². The first-order valence-electron chi connectivity index (χ1n) is 12.8. The van der Waals surface area contributed by atoms with Gasteiger partial charge in [-0.25, -0.2) is 9.59 Å². The molecule has 0 radical (unpaired) electrons. The minimum absolute atomic E-state index is 0.293. The highest BCUT2D eigenvalue weighted by molar-refractivity contribution is 5.89. The molecule has 9 heteroatoms. The molecule has 212 valence electrons. The Balaban J connectivity index is 0.000000371. The molecule has 39 heavy (non-hydrogen) atoms. The molecular formula is C30H40N2O7. The third-order valence-electron chi connectivity index (χ3n) is 5.19. The van der Waals surface area contributed by atoms with Gasteiger partial charge in [0, 0.05) is 38.0 Å². The number of ether oxygens (including phenoxy) is 4. The second-order valence-electron chi connectivity index (χ2n) is 8.28. The summed E-state index contributed by atoms with van der Waals surface area (Å²) in [7, 11) is 4.65. The monoisotopic (exact) mass is 540 g/mol. The summed E-state index contributed by atoms with van der Waals surface area (Å²) < 4.78 is 24.0. The fraction of sp³-hybridized carbons (Fsp3) is 0.400. The quantitative estimate of drug-likeness (QED) is 0.153. The lowest BCUT2D eigenvalue weighted by molar-refractivity contribution is -0.138. The lowest BCUT2D eigenvalue weighted by atomic mass is 10.1. The summed E-state index contributed by atoms with van der Waals surface area (Å²) in [6, 6.07) is 14.7. The van der Waals surface area contributed by atoms with Gasteiger partial charge < -0.3 is 23.5 Å². The van der Waals surface area contributed by atoms with Crippen LogP contribution in [0.1, 0.15) is 48.5 Å². The Morgan fingerprint density at radius 1 is 0.872 bits per heavy atom. The maximum atomic E-state index is 11.4. The highest BCUT2D eigenvalue weighted by Gasteiger charge is 2.12. The number of esters is 2. The minimum Gasteiger partial charge on any atom is -0.465 e. The van der Waals surface area contributed by atoms with Crippen molar-refractivity contribution in [3.05, 3.63) is 72.3 Å². The summed E-state index contributed by atoms with van der Waals surface area (Å²) in [5, 5.41) is 3.99. The van der Waals surface area contributed by atoms with Crippen LogP contribution in [-0.2, 0) is 23.7 Å². The van der Waals surface area contributed by atoms with E-state index >= 15 is 0 Å². The molecule has 9 nitrogen and oxygen atoms in total. The van der Waals surface area contributed by atoms with Crippen LogP contribution in [0, 0.1) is 6.92 Å². The van der Waals surface area contributed by atoms with Crippen molar-refractivity contribution < 1.29 is 33.1 Å². The first kappa shape index (κ1) is 33.2. The van der Waals surface area contributed by atoms with Crippen LogP contribution < -0.4 is 0 Å². The third-order valence-corrected chi connectivity index (χ3v) is 5.19. The van der Waals surface area contributed by atoms with Crippen molar-refractivity contribution in [2.24, 2.45) is 0 Å². The maximum Gasteiger partial charge on any atom is 0.337 e. The summed E-state index contributed by atoms with van der Waals surface area (Å²) in [5.41, 5.74) is 3.29. The fourth-order valence-corrected chi connectivity index (χ4v) is 2.99. The largest absolute Gasteiger partial charge is 0.465 e. The molecule has 0 spiro atoms. The van der Waals surface area contributed by atoms with E-state index in [0.29, 0.717) is 30.5 Å². The van der Waals surface area contributed by atoms with Crippen molar-refractivity contribution in [1.82, 2.24) is 10.1 Å². The topological polar surface area (TPSA) is 110 Å². The van der Waals surface area contributed by atoms with Crippen LogP contribution in [0.25, 0.3) is 22.8 Å². The maximum absolute atomic E-state index is 11.4. The van der Waals surface area contributed by atoms with Crippen molar-refractivity contribution in [2.75, 3.05) is 41.2 Å². The van der Waals surface area contributed by atoms with E-state index in [9.17, 15) is 9.59 Å². The van der Waals surface area contributed by atoms with E-state index in [1.54, 1.807) is 38.5 Å². The number of carbonyl (C=O) groups is 2. The molecule has 0 amide bonds. The number of carbonyl (C=O) groups excluding carboxylic acids is 2. The van der Waals surface area contributed by atoms with Gasteiger partial charge in [0.1, 0.15) is 6.61 Å². The van der Waals surface area contributed by atoms with E-state index in [4.69, 9.17) is 9.26 Å². The van der Waals surface area contributed by atoms with Crippen LogP contribution in [0.3, 0.4) is 0 Å². The molecule has 2 aromatic carbocycles. The average Bonchev–Trinajstić information content (AvgIpc) is 3.46. The Bertz CT molecular complexity index is 1090. The number of aromatic nitrogens is 2. The number of rotatable bonds is 12. The van der Waals surface area contributed by atoms with Gasteiger partial charge in [0.05, 0.1) is 19.3 Å². The first-order chi connectivity index (χ1) is 18.9. The fourth-order valence-electron chi connectivity index (χ4n) is 2.99. The van der Waals surface area contributed by atoms with Crippen molar-refractivity contribution in [2.45, 2.75) is 39.5 Å². The van der Waals surface area contributed by atoms with Gasteiger partial charge in [-0.2, -0.15) is 4.98 Å². The van der Waals surface area contributed by atoms with E-state index < -0.39 is 5.97 Å². The van der Waals surface area contributed by atoms with Gasteiger partial charge >= 0.3 is 11.9 Å². The van der Waals surface area contributed by atoms with Gasteiger partial charge in [-0.05, 0) is 37.6 Å². The molecule has 0 saturated carbocycles. The molecule has 1 aromatic heterocycles. The van der Waals surface area contributed by atoms with Gasteiger partial charge in [0.25, 0.3) is 5.89 Å². The van der Waals surface area contributed by atoms with Gasteiger partial charge in [0.15, 0.2) is 0 Å². The van der Waals surface area contributed by atoms with E-state index in [0.717, 1.165) is 23.8 Å². The van der Waals surface area contributed by atoms with E-state index in [1.807, 2.05) is 31.2 Å². The van der Waals surface area contributed by atoms with E-state index in [1.165, 1.54) is 38.4 Å². The highest BCUT2D eigenvalue weighted by Crippen LogP contribution is 2.23. The van der Waals surface area contributed by atoms with Crippen molar-refractivity contribution in [3.8, 4) is 22.8 Å². The van der Waals surface area contributed by atoms with E-state index in [-0.39, 0.29) is 5.97 Å². The predicted molar refractivity (Wildman–Crippen MR) is 150 cm³/mol. The number of aryl methyl sites for hydroxylation is 1. The standard InChI is InChI=1S/C17H14N2O3.C7H16O.C6H10O3/c1-11-3-5-12(6-4-11)15-18-16(22-19-15)13-7-9-14(10-8-13)17(20)21-2;1-3-4-5-6-7-8-2;1-3-6(7)9-5-4-8-2/h3-10H,1-2H3;3-7H2,1-2H3;3H,1,4-5H2,2H3. The van der Waals surface area contributed by atoms with Crippen LogP contribution in [0.15, 0.2) is 65.7 Å². The summed E-state index contributed by atoms with van der Waals surface area (Å²) in [6.07, 6.45) is 6.33. The van der Waals surface area contributed by atoms with Crippen molar-refractivity contribution >= 4 is 11.9 Å². The molecule has 0 fully saturated rings. The zero-order valence-electron chi connectivity index (χ0n) is 23.6. The second-order valence-corrected chi connectivity index (χ2v) is 8.28. The average molecular weight is 541 g/mol. The van der Waals surface area contributed by atoms with Gasteiger partial charge in [-0.1, -0.05) is 67.8 Å². The number of methoxy groups -OCH3 is 3. The Morgan fingerprint density at radius 3 is 2.08 bits per heavy atom.